The molecule has 4 heteroatoms. The molecular formula is C25H36O4. The second kappa shape index (κ2) is 6.72. The molecule has 4 fully saturated rings. The Balaban J connectivity index is 1.73. The van der Waals surface area contributed by atoms with Crippen LogP contribution in [-0.2, 0) is 14.3 Å². The van der Waals surface area contributed by atoms with Crippen LogP contribution in [-0.4, -0.2) is 23.1 Å². The summed E-state index contributed by atoms with van der Waals surface area (Å²) in [5, 5.41) is 10.1. The fraction of sp³-hybridized carbons (Fsp3) is 0.760. The van der Waals surface area contributed by atoms with E-state index in [0.29, 0.717) is 17.4 Å². The molecule has 0 amide bonds. The molecule has 7 atom stereocenters. The van der Waals surface area contributed by atoms with Gasteiger partial charge in [0.05, 0.1) is 5.41 Å². The van der Waals surface area contributed by atoms with Crippen LogP contribution in [0.2, 0.25) is 0 Å². The Morgan fingerprint density at radius 2 is 1.86 bits per heavy atom. The van der Waals surface area contributed by atoms with Crippen molar-refractivity contribution in [3.63, 3.8) is 0 Å². The Bertz CT molecular complexity index is 782. The molecule has 2 bridgehead atoms. The third-order valence-electron chi connectivity index (χ3n) is 9.65. The summed E-state index contributed by atoms with van der Waals surface area (Å²) in [6, 6.07) is 0. The predicted octanol–water partition coefficient (Wildman–Crippen LogP) is 5.53. The number of carboxylic acid groups (broad SMARTS) is 1. The zero-order valence-electron chi connectivity index (χ0n) is 18.4. The van der Waals surface area contributed by atoms with E-state index in [0.717, 1.165) is 56.9 Å². The van der Waals surface area contributed by atoms with Gasteiger partial charge in [-0.3, -0.25) is 4.79 Å². The number of carbonyl (C=O) groups is 2. The van der Waals surface area contributed by atoms with Gasteiger partial charge in [-0.25, -0.2) is 4.79 Å². The lowest BCUT2D eigenvalue weighted by molar-refractivity contribution is -0.195. The number of esters is 1. The third-order valence-corrected chi connectivity index (χ3v) is 9.65. The van der Waals surface area contributed by atoms with E-state index in [1.54, 1.807) is 13.0 Å². The number of fused-ring (bicyclic) bond motifs is 3. The fourth-order valence-corrected chi connectivity index (χ4v) is 8.10. The van der Waals surface area contributed by atoms with E-state index in [1.165, 1.54) is 0 Å². The second-order valence-corrected chi connectivity index (χ2v) is 10.8. The molecule has 0 aliphatic heterocycles. The van der Waals surface area contributed by atoms with Crippen molar-refractivity contribution in [1.82, 2.24) is 0 Å². The Morgan fingerprint density at radius 3 is 2.52 bits per heavy atom. The molecule has 4 saturated carbocycles. The molecule has 29 heavy (non-hydrogen) atoms. The van der Waals surface area contributed by atoms with Crippen molar-refractivity contribution < 1.29 is 19.4 Å². The standard InChI is InChI=1S/C25H36O4/c1-6-15(2)21(26)29-20-16(3)17-8-9-19-23(4)11-7-12-24(5,22(27)28)18(23)10-13-25(19,20)14-17/h6,17-20H,3,7-14H2,1-2,4-5H3,(H,27,28)/b15-6+/t17-,18+,19+,20+,23-,24-,25-/m1/s1. The largest absolute Gasteiger partial charge is 0.481 e. The molecule has 0 aromatic heterocycles. The van der Waals surface area contributed by atoms with Crippen molar-refractivity contribution in [1.29, 1.82) is 0 Å². The summed E-state index contributed by atoms with van der Waals surface area (Å²) in [5.74, 6) is 0.151. The van der Waals surface area contributed by atoms with Crippen molar-refractivity contribution in [2.75, 3.05) is 0 Å². The van der Waals surface area contributed by atoms with Crippen molar-refractivity contribution in [2.45, 2.75) is 85.2 Å². The Morgan fingerprint density at radius 1 is 1.14 bits per heavy atom. The van der Waals surface area contributed by atoms with Crippen LogP contribution in [0, 0.1) is 34.0 Å². The zero-order chi connectivity index (χ0) is 21.2. The van der Waals surface area contributed by atoms with Crippen molar-refractivity contribution in [2.24, 2.45) is 34.0 Å². The summed E-state index contributed by atoms with van der Waals surface area (Å²) in [7, 11) is 0. The van der Waals surface area contributed by atoms with E-state index < -0.39 is 11.4 Å². The van der Waals surface area contributed by atoms with E-state index >= 15 is 0 Å². The summed E-state index contributed by atoms with van der Waals surface area (Å²) < 4.78 is 6.15. The molecule has 0 radical (unpaired) electrons. The molecule has 4 aliphatic carbocycles. The molecule has 160 valence electrons. The lowest BCUT2D eigenvalue weighted by Gasteiger charge is -2.63. The highest BCUT2D eigenvalue weighted by Crippen LogP contribution is 2.72. The minimum Gasteiger partial charge on any atom is -0.481 e. The SMILES string of the molecule is C=C1[C@@H]2CC[C@H]3[C@]4(C)CCC[C@@](C)(C(=O)O)[C@H]4CC[C@]3(C2)[C@H]1OC(=O)/C(C)=C/C. The van der Waals surface area contributed by atoms with Gasteiger partial charge in [-0.2, -0.15) is 0 Å². The number of rotatable bonds is 3. The van der Waals surface area contributed by atoms with Crippen LogP contribution in [0.25, 0.3) is 0 Å². The van der Waals surface area contributed by atoms with Gasteiger partial charge >= 0.3 is 11.9 Å². The molecule has 0 aromatic carbocycles. The minimum atomic E-state index is -0.644. The van der Waals surface area contributed by atoms with Gasteiger partial charge in [-0.1, -0.05) is 26.0 Å². The maximum Gasteiger partial charge on any atom is 0.333 e. The van der Waals surface area contributed by atoms with Crippen LogP contribution in [0.1, 0.15) is 79.1 Å². The maximum atomic E-state index is 12.7. The van der Waals surface area contributed by atoms with Gasteiger partial charge in [-0.15, -0.1) is 0 Å². The van der Waals surface area contributed by atoms with Crippen LogP contribution in [0.3, 0.4) is 0 Å². The van der Waals surface area contributed by atoms with Gasteiger partial charge in [-0.05, 0) is 94.5 Å². The molecule has 4 rings (SSSR count). The fourth-order valence-electron chi connectivity index (χ4n) is 8.10. The maximum absolute atomic E-state index is 12.7. The number of hydrogen-bond donors (Lipinski definition) is 1. The highest BCUT2D eigenvalue weighted by Gasteiger charge is 2.68. The highest BCUT2D eigenvalue weighted by molar-refractivity contribution is 5.88. The molecule has 1 spiro atoms. The van der Waals surface area contributed by atoms with E-state index in [-0.39, 0.29) is 28.8 Å². The van der Waals surface area contributed by atoms with Gasteiger partial charge in [0.1, 0.15) is 6.10 Å². The first-order chi connectivity index (χ1) is 13.6. The van der Waals surface area contributed by atoms with Gasteiger partial charge in [0, 0.05) is 11.0 Å². The Hall–Kier alpha value is -1.58. The topological polar surface area (TPSA) is 63.6 Å². The lowest BCUT2D eigenvalue weighted by Crippen LogP contribution is -2.60. The molecule has 0 saturated heterocycles. The normalized spacial score (nSPS) is 46.6. The molecular weight excluding hydrogens is 364 g/mol. The lowest BCUT2D eigenvalue weighted by atomic mass is 9.40. The third kappa shape index (κ3) is 2.70. The average Bonchev–Trinajstić information content (AvgIpc) is 2.87. The number of carboxylic acids is 1. The Labute approximate surface area is 174 Å². The van der Waals surface area contributed by atoms with Crippen LogP contribution < -0.4 is 0 Å². The number of carbonyl (C=O) groups excluding carboxylic acids is 1. The van der Waals surface area contributed by atoms with Crippen molar-refractivity contribution >= 4 is 11.9 Å². The smallest absolute Gasteiger partial charge is 0.333 e. The summed E-state index contributed by atoms with van der Waals surface area (Å²) in [6.07, 6.45) is 9.50. The Kier molecular flexibility index (Phi) is 4.79. The number of allylic oxidation sites excluding steroid dienone is 1. The van der Waals surface area contributed by atoms with Crippen LogP contribution in [0.4, 0.5) is 0 Å². The second-order valence-electron chi connectivity index (χ2n) is 10.8. The molecule has 1 N–H and O–H groups in total. The highest BCUT2D eigenvalue weighted by atomic mass is 16.5. The van der Waals surface area contributed by atoms with Crippen molar-refractivity contribution in [3.05, 3.63) is 23.8 Å². The first-order valence-corrected chi connectivity index (χ1v) is 11.4. The van der Waals surface area contributed by atoms with E-state index in [4.69, 9.17) is 4.74 Å². The minimum absolute atomic E-state index is 0.0144. The van der Waals surface area contributed by atoms with Crippen LogP contribution in [0.5, 0.6) is 0 Å². The van der Waals surface area contributed by atoms with Crippen LogP contribution >= 0.6 is 0 Å². The van der Waals surface area contributed by atoms with E-state index in [1.807, 2.05) is 13.8 Å². The van der Waals surface area contributed by atoms with E-state index in [9.17, 15) is 14.7 Å². The molecule has 4 nitrogen and oxygen atoms in total. The quantitative estimate of drug-likeness (QED) is 0.384. The summed E-state index contributed by atoms with van der Waals surface area (Å²) >= 11 is 0. The van der Waals surface area contributed by atoms with Gasteiger partial charge < -0.3 is 9.84 Å². The number of ether oxygens (including phenoxy) is 1. The zero-order valence-corrected chi connectivity index (χ0v) is 18.4. The van der Waals surface area contributed by atoms with Gasteiger partial charge in [0.2, 0.25) is 0 Å². The molecule has 0 unspecified atom stereocenters. The van der Waals surface area contributed by atoms with Gasteiger partial charge in [0.25, 0.3) is 0 Å². The first kappa shape index (κ1) is 20.7. The average molecular weight is 401 g/mol. The van der Waals surface area contributed by atoms with Gasteiger partial charge in [0.15, 0.2) is 0 Å². The summed E-state index contributed by atoms with van der Waals surface area (Å²) in [6.45, 7) is 12.4. The summed E-state index contributed by atoms with van der Waals surface area (Å²) in [5.41, 5.74) is 1.02. The number of aliphatic carboxylic acids is 1. The monoisotopic (exact) mass is 400 g/mol. The number of hydrogen-bond acceptors (Lipinski definition) is 3. The van der Waals surface area contributed by atoms with Crippen molar-refractivity contribution in [3.8, 4) is 0 Å². The summed E-state index contributed by atoms with van der Waals surface area (Å²) in [4.78, 5) is 25.0. The predicted molar refractivity (Wildman–Crippen MR) is 112 cm³/mol. The molecule has 4 aliphatic rings. The molecule has 0 heterocycles. The van der Waals surface area contributed by atoms with Crippen LogP contribution in [0.15, 0.2) is 23.8 Å². The van der Waals surface area contributed by atoms with E-state index in [2.05, 4.69) is 13.5 Å². The first-order valence-electron chi connectivity index (χ1n) is 11.4. The molecule has 0 aromatic rings.